The first-order chi connectivity index (χ1) is 11.7. The first-order valence-electron chi connectivity index (χ1n) is 7.80. The molecule has 1 fully saturated rings. The topological polar surface area (TPSA) is 99.2 Å². The van der Waals surface area contributed by atoms with Crippen LogP contribution in [0.1, 0.15) is 33.1 Å². The van der Waals surface area contributed by atoms with E-state index in [9.17, 15) is 28.0 Å². The Labute approximate surface area is 143 Å². The van der Waals surface area contributed by atoms with Crippen molar-refractivity contribution in [3.8, 4) is 0 Å². The van der Waals surface area contributed by atoms with Gasteiger partial charge in [-0.25, -0.2) is 9.59 Å². The number of carbonyl (C=O) groups excluding carboxylic acids is 4. The molecule has 0 aromatic heterocycles. The van der Waals surface area contributed by atoms with Crippen LogP contribution in [0.15, 0.2) is 0 Å². The van der Waals surface area contributed by atoms with Crippen molar-refractivity contribution in [2.75, 3.05) is 20.3 Å². The van der Waals surface area contributed by atoms with Gasteiger partial charge in [-0.2, -0.15) is 8.78 Å². The molecule has 1 rings (SSSR count). The molecule has 8 nitrogen and oxygen atoms in total. The number of carbonyl (C=O) groups is 4. The summed E-state index contributed by atoms with van der Waals surface area (Å²) in [6.45, 7) is 2.63. The molecule has 1 aliphatic heterocycles. The lowest BCUT2D eigenvalue weighted by Crippen LogP contribution is -2.55. The monoisotopic (exact) mass is 365 g/mol. The molecule has 0 aromatic rings. The van der Waals surface area contributed by atoms with Crippen LogP contribution >= 0.6 is 0 Å². The SMILES string of the molecule is CCOC(=O)CC(=O)N1C(C(F)(F)C(=O)OCC)CC[C@@H]1C(=O)OC. The number of likely N-dealkylation sites (tertiary alicyclic amines) is 1. The van der Waals surface area contributed by atoms with Crippen molar-refractivity contribution in [3.05, 3.63) is 0 Å². The van der Waals surface area contributed by atoms with E-state index in [1.54, 1.807) is 0 Å². The third kappa shape index (κ3) is 4.64. The number of hydrogen-bond donors (Lipinski definition) is 0. The third-order valence-electron chi connectivity index (χ3n) is 3.71. The van der Waals surface area contributed by atoms with E-state index in [1.165, 1.54) is 13.8 Å². The number of esters is 3. The van der Waals surface area contributed by atoms with E-state index in [0.717, 1.165) is 7.11 Å². The lowest BCUT2D eigenvalue weighted by Gasteiger charge is -2.32. The molecule has 0 N–H and O–H groups in total. The van der Waals surface area contributed by atoms with E-state index in [2.05, 4.69) is 14.2 Å². The summed E-state index contributed by atoms with van der Waals surface area (Å²) in [5.74, 6) is -8.68. The molecular weight excluding hydrogens is 344 g/mol. The highest BCUT2D eigenvalue weighted by Gasteiger charge is 2.58. The Bertz CT molecular complexity index is 538. The predicted octanol–water partition coefficient (Wildman–Crippen LogP) is 0.671. The third-order valence-corrected chi connectivity index (χ3v) is 3.71. The standard InChI is InChI=1S/C15H21F2NO7/c1-4-24-12(20)8-11(19)18-9(13(21)23-3)6-7-10(18)15(16,17)14(22)25-5-2/h9-10H,4-8H2,1-3H3/t9-,10?/m1/s1. The molecule has 25 heavy (non-hydrogen) atoms. The van der Waals surface area contributed by atoms with Crippen LogP contribution in [0.5, 0.6) is 0 Å². The van der Waals surface area contributed by atoms with Gasteiger partial charge >= 0.3 is 23.8 Å². The Morgan fingerprint density at radius 2 is 1.68 bits per heavy atom. The Kier molecular flexibility index (Phi) is 7.25. The number of methoxy groups -OCH3 is 1. The number of nitrogens with zero attached hydrogens (tertiary/aromatic N) is 1. The summed E-state index contributed by atoms with van der Waals surface area (Å²) < 4.78 is 42.3. The minimum absolute atomic E-state index is 0.00889. The highest BCUT2D eigenvalue weighted by molar-refractivity contribution is 5.97. The van der Waals surface area contributed by atoms with Crippen LogP contribution in [0.3, 0.4) is 0 Å². The van der Waals surface area contributed by atoms with Crippen LogP contribution in [0.25, 0.3) is 0 Å². The molecule has 1 aliphatic rings. The highest BCUT2D eigenvalue weighted by Crippen LogP contribution is 2.37. The molecular formula is C15H21F2NO7. The molecule has 1 heterocycles. The van der Waals surface area contributed by atoms with Gasteiger partial charge < -0.3 is 19.1 Å². The lowest BCUT2D eigenvalue weighted by atomic mass is 10.1. The largest absolute Gasteiger partial charge is 0.467 e. The van der Waals surface area contributed by atoms with Crippen LogP contribution in [0.4, 0.5) is 8.78 Å². The van der Waals surface area contributed by atoms with E-state index in [4.69, 9.17) is 0 Å². The van der Waals surface area contributed by atoms with Crippen molar-refractivity contribution in [3.63, 3.8) is 0 Å². The minimum Gasteiger partial charge on any atom is -0.467 e. The fraction of sp³-hybridized carbons (Fsp3) is 0.733. The summed E-state index contributed by atoms with van der Waals surface area (Å²) in [4.78, 5) is 47.7. The maximum absolute atomic E-state index is 14.4. The number of amides is 1. The number of ether oxygens (including phenoxy) is 3. The molecule has 1 saturated heterocycles. The van der Waals surface area contributed by atoms with Gasteiger partial charge in [0.2, 0.25) is 5.91 Å². The van der Waals surface area contributed by atoms with Gasteiger partial charge in [0.25, 0.3) is 0 Å². The van der Waals surface area contributed by atoms with Crippen molar-refractivity contribution >= 4 is 23.8 Å². The van der Waals surface area contributed by atoms with E-state index in [-0.39, 0.29) is 26.1 Å². The molecule has 10 heteroatoms. The van der Waals surface area contributed by atoms with E-state index in [0.29, 0.717) is 4.90 Å². The van der Waals surface area contributed by atoms with Crippen molar-refractivity contribution < 1.29 is 42.2 Å². The quantitative estimate of drug-likeness (QED) is 0.371. The number of halogens is 2. The number of rotatable bonds is 7. The summed E-state index contributed by atoms with van der Waals surface area (Å²) in [6.07, 6.45) is -1.27. The fourth-order valence-electron chi connectivity index (χ4n) is 2.67. The van der Waals surface area contributed by atoms with Crippen molar-refractivity contribution in [1.29, 1.82) is 0 Å². The molecule has 0 aromatic carbocycles. The first kappa shape index (κ1) is 20.8. The normalized spacial score (nSPS) is 20.1. The summed E-state index contributed by atoms with van der Waals surface area (Å²) >= 11 is 0. The molecule has 0 aliphatic carbocycles. The molecule has 142 valence electrons. The van der Waals surface area contributed by atoms with Crippen molar-refractivity contribution in [2.45, 2.75) is 51.1 Å². The second-order valence-electron chi connectivity index (χ2n) is 5.26. The molecule has 0 radical (unpaired) electrons. The average molecular weight is 365 g/mol. The number of alkyl halides is 2. The van der Waals surface area contributed by atoms with Crippen molar-refractivity contribution in [2.24, 2.45) is 0 Å². The Morgan fingerprint density at radius 1 is 1.08 bits per heavy atom. The second-order valence-corrected chi connectivity index (χ2v) is 5.26. The lowest BCUT2D eigenvalue weighted by molar-refractivity contribution is -0.184. The Hall–Kier alpha value is -2.26. The molecule has 2 atom stereocenters. The van der Waals surface area contributed by atoms with Gasteiger partial charge in [-0.3, -0.25) is 9.59 Å². The van der Waals surface area contributed by atoms with Crippen LogP contribution in [0.2, 0.25) is 0 Å². The molecule has 0 saturated carbocycles. The molecule has 0 spiro atoms. The minimum atomic E-state index is -4.02. The van der Waals surface area contributed by atoms with E-state index >= 15 is 0 Å². The van der Waals surface area contributed by atoms with Crippen LogP contribution in [-0.2, 0) is 33.4 Å². The molecule has 1 unspecified atom stereocenters. The summed E-state index contributed by atoms with van der Waals surface area (Å²) in [5.41, 5.74) is 0. The smallest absolute Gasteiger partial charge is 0.379 e. The fourth-order valence-corrected chi connectivity index (χ4v) is 2.67. The summed E-state index contributed by atoms with van der Waals surface area (Å²) in [6, 6.07) is -3.21. The summed E-state index contributed by atoms with van der Waals surface area (Å²) in [5, 5.41) is 0. The zero-order chi connectivity index (χ0) is 19.2. The predicted molar refractivity (Wildman–Crippen MR) is 78.5 cm³/mol. The zero-order valence-electron chi connectivity index (χ0n) is 14.3. The van der Waals surface area contributed by atoms with Crippen molar-refractivity contribution in [1.82, 2.24) is 4.90 Å². The van der Waals surface area contributed by atoms with Crippen LogP contribution < -0.4 is 0 Å². The van der Waals surface area contributed by atoms with Gasteiger partial charge in [0.1, 0.15) is 18.5 Å². The first-order valence-corrected chi connectivity index (χ1v) is 7.80. The van der Waals surface area contributed by atoms with Gasteiger partial charge in [-0.05, 0) is 26.7 Å². The highest BCUT2D eigenvalue weighted by atomic mass is 19.3. The maximum atomic E-state index is 14.4. The van der Waals surface area contributed by atoms with Crippen LogP contribution in [0, 0.1) is 0 Å². The average Bonchev–Trinajstić information content (AvgIpc) is 3.00. The van der Waals surface area contributed by atoms with Gasteiger partial charge in [0.15, 0.2) is 0 Å². The van der Waals surface area contributed by atoms with Gasteiger partial charge in [0.05, 0.1) is 20.3 Å². The van der Waals surface area contributed by atoms with E-state index < -0.39 is 48.2 Å². The van der Waals surface area contributed by atoms with Gasteiger partial charge in [0, 0.05) is 0 Å². The Morgan fingerprint density at radius 3 is 2.20 bits per heavy atom. The van der Waals surface area contributed by atoms with Crippen LogP contribution in [-0.4, -0.2) is 67.0 Å². The maximum Gasteiger partial charge on any atom is 0.379 e. The second kappa shape index (κ2) is 8.72. The molecule has 0 bridgehead atoms. The summed E-state index contributed by atoms with van der Waals surface area (Å²) in [7, 11) is 1.05. The number of hydrogen-bond acceptors (Lipinski definition) is 7. The zero-order valence-corrected chi connectivity index (χ0v) is 14.3. The van der Waals surface area contributed by atoms with Gasteiger partial charge in [-0.1, -0.05) is 0 Å². The molecule has 1 amide bonds. The van der Waals surface area contributed by atoms with E-state index in [1.807, 2.05) is 0 Å². The van der Waals surface area contributed by atoms with Gasteiger partial charge in [-0.15, -0.1) is 0 Å². The Balaban J connectivity index is 3.10.